The predicted molar refractivity (Wildman–Crippen MR) is 60.4 cm³/mol. The normalized spacial score (nSPS) is 24.7. The molecule has 92 valence electrons. The van der Waals surface area contributed by atoms with E-state index in [1.807, 2.05) is 0 Å². The monoisotopic (exact) mass is 239 g/mol. The molecule has 1 aliphatic heterocycles. The van der Waals surface area contributed by atoms with Crippen molar-refractivity contribution in [2.45, 2.75) is 18.4 Å². The van der Waals surface area contributed by atoms with Gasteiger partial charge in [-0.1, -0.05) is 12.1 Å². The number of carboxylic acid groups (broad SMARTS) is 1. The third-order valence-corrected chi connectivity index (χ3v) is 3.06. The Bertz CT molecular complexity index is 438. The van der Waals surface area contributed by atoms with Gasteiger partial charge in [0.15, 0.2) is 5.60 Å². The highest BCUT2D eigenvalue weighted by Gasteiger charge is 2.40. The number of β-amino-alcohol motifs (C(OH)–C–C–N with tert-alkyl or cyclic N) is 1. The Labute approximate surface area is 98.3 Å². The minimum atomic E-state index is -1.78. The largest absolute Gasteiger partial charge is 0.479 e. The fourth-order valence-electron chi connectivity index (χ4n) is 2.12. The number of para-hydroxylation sites is 1. The number of rotatable bonds is 2. The van der Waals surface area contributed by atoms with Crippen LogP contribution < -0.4 is 4.90 Å². The minimum absolute atomic E-state index is 0.0801. The molecule has 0 radical (unpaired) electrons. The van der Waals surface area contributed by atoms with Crippen LogP contribution in [-0.2, 0) is 4.79 Å². The molecule has 4 nitrogen and oxygen atoms in total. The minimum Gasteiger partial charge on any atom is -0.479 e. The topological polar surface area (TPSA) is 60.8 Å². The highest BCUT2D eigenvalue weighted by atomic mass is 19.1. The van der Waals surface area contributed by atoms with Crippen LogP contribution in [0.5, 0.6) is 0 Å². The van der Waals surface area contributed by atoms with Crippen LogP contribution in [0, 0.1) is 5.82 Å². The maximum absolute atomic E-state index is 13.6. The van der Waals surface area contributed by atoms with Crippen LogP contribution in [0.4, 0.5) is 10.1 Å². The van der Waals surface area contributed by atoms with E-state index < -0.39 is 17.4 Å². The highest BCUT2D eigenvalue weighted by molar-refractivity contribution is 5.78. The van der Waals surface area contributed by atoms with E-state index in [4.69, 9.17) is 5.11 Å². The second kappa shape index (κ2) is 4.33. The number of aliphatic hydroxyl groups is 1. The lowest BCUT2D eigenvalue weighted by Gasteiger charge is -2.37. The fourth-order valence-corrected chi connectivity index (χ4v) is 2.12. The Balaban J connectivity index is 2.24. The number of carboxylic acids is 1. The van der Waals surface area contributed by atoms with Crippen LogP contribution in [0.1, 0.15) is 12.8 Å². The van der Waals surface area contributed by atoms with Gasteiger partial charge in [0.25, 0.3) is 0 Å². The van der Waals surface area contributed by atoms with Crippen LogP contribution in [0.2, 0.25) is 0 Å². The first kappa shape index (κ1) is 11.9. The summed E-state index contributed by atoms with van der Waals surface area (Å²) >= 11 is 0. The number of aliphatic carboxylic acids is 1. The molecule has 0 saturated carbocycles. The zero-order chi connectivity index (χ0) is 12.5. The number of carbonyl (C=O) groups is 1. The maximum atomic E-state index is 13.6. The molecule has 1 fully saturated rings. The van der Waals surface area contributed by atoms with Crippen LogP contribution in [0.25, 0.3) is 0 Å². The second-order valence-corrected chi connectivity index (χ2v) is 4.31. The number of nitrogens with zero attached hydrogens (tertiary/aromatic N) is 1. The van der Waals surface area contributed by atoms with Gasteiger partial charge in [0, 0.05) is 6.54 Å². The number of hydrogen-bond donors (Lipinski definition) is 2. The molecular formula is C12H14FNO3. The quantitative estimate of drug-likeness (QED) is 0.815. The third kappa shape index (κ3) is 2.24. The van der Waals surface area contributed by atoms with E-state index in [0.717, 1.165) is 0 Å². The van der Waals surface area contributed by atoms with Crippen LogP contribution >= 0.6 is 0 Å². The van der Waals surface area contributed by atoms with Crippen molar-refractivity contribution in [1.82, 2.24) is 0 Å². The molecule has 5 heteroatoms. The summed E-state index contributed by atoms with van der Waals surface area (Å²) in [6.07, 6.45) is 0.727. The fraction of sp³-hybridized carbons (Fsp3) is 0.417. The summed E-state index contributed by atoms with van der Waals surface area (Å²) in [7, 11) is 0. The lowest BCUT2D eigenvalue weighted by molar-refractivity contribution is -0.159. The Morgan fingerprint density at radius 2 is 2.12 bits per heavy atom. The third-order valence-electron chi connectivity index (χ3n) is 3.06. The molecule has 2 rings (SSSR count). The summed E-state index contributed by atoms with van der Waals surface area (Å²) in [5.74, 6) is -1.65. The van der Waals surface area contributed by atoms with Crippen molar-refractivity contribution in [1.29, 1.82) is 0 Å². The summed E-state index contributed by atoms with van der Waals surface area (Å²) in [4.78, 5) is 12.5. The standard InChI is InChI=1S/C12H14FNO3/c13-9-4-1-2-5-10(9)14-7-3-6-12(17,8-14)11(15)16/h1-2,4-5,17H,3,6-8H2,(H,15,16). The van der Waals surface area contributed by atoms with Gasteiger partial charge in [0.05, 0.1) is 12.2 Å². The van der Waals surface area contributed by atoms with E-state index in [2.05, 4.69) is 0 Å². The van der Waals surface area contributed by atoms with Crippen molar-refractivity contribution >= 4 is 11.7 Å². The first-order valence-electron chi connectivity index (χ1n) is 5.48. The Morgan fingerprint density at radius 3 is 2.76 bits per heavy atom. The molecule has 1 heterocycles. The molecule has 1 unspecified atom stereocenters. The molecule has 1 saturated heterocycles. The van der Waals surface area contributed by atoms with Gasteiger partial charge < -0.3 is 15.1 Å². The Morgan fingerprint density at radius 1 is 1.41 bits per heavy atom. The van der Waals surface area contributed by atoms with Crippen LogP contribution in [-0.4, -0.2) is 34.9 Å². The molecular weight excluding hydrogens is 225 g/mol. The van der Waals surface area contributed by atoms with E-state index in [9.17, 15) is 14.3 Å². The molecule has 0 aliphatic carbocycles. The van der Waals surface area contributed by atoms with Crippen molar-refractivity contribution < 1.29 is 19.4 Å². The number of anilines is 1. The predicted octanol–water partition coefficient (Wildman–Crippen LogP) is 1.24. The van der Waals surface area contributed by atoms with Gasteiger partial charge in [-0.05, 0) is 25.0 Å². The summed E-state index contributed by atoms with van der Waals surface area (Å²) in [6, 6.07) is 6.17. The van der Waals surface area contributed by atoms with Gasteiger partial charge in [-0.3, -0.25) is 0 Å². The number of halogens is 1. The van der Waals surface area contributed by atoms with Gasteiger partial charge >= 0.3 is 5.97 Å². The summed E-state index contributed by atoms with van der Waals surface area (Å²) in [5.41, 5.74) is -1.44. The van der Waals surface area contributed by atoms with Crippen molar-refractivity contribution in [2.75, 3.05) is 18.0 Å². The number of piperidine rings is 1. The SMILES string of the molecule is O=C(O)C1(O)CCCN(c2ccccc2F)C1. The van der Waals surface area contributed by atoms with E-state index in [1.54, 1.807) is 23.1 Å². The average Bonchev–Trinajstić information content (AvgIpc) is 2.29. The van der Waals surface area contributed by atoms with Crippen molar-refractivity contribution in [3.63, 3.8) is 0 Å². The molecule has 2 N–H and O–H groups in total. The van der Waals surface area contributed by atoms with E-state index >= 15 is 0 Å². The summed E-state index contributed by atoms with van der Waals surface area (Å²) in [5, 5.41) is 18.9. The van der Waals surface area contributed by atoms with E-state index in [-0.39, 0.29) is 13.0 Å². The van der Waals surface area contributed by atoms with Gasteiger partial charge in [0.2, 0.25) is 0 Å². The molecule has 1 aromatic rings. The molecule has 17 heavy (non-hydrogen) atoms. The maximum Gasteiger partial charge on any atom is 0.337 e. The molecule has 0 aromatic heterocycles. The van der Waals surface area contributed by atoms with Gasteiger partial charge in [-0.25, -0.2) is 9.18 Å². The molecule has 1 aromatic carbocycles. The summed E-state index contributed by atoms with van der Waals surface area (Å²) in [6.45, 7) is 0.472. The average molecular weight is 239 g/mol. The molecule has 0 spiro atoms. The van der Waals surface area contributed by atoms with Crippen molar-refractivity contribution in [3.8, 4) is 0 Å². The van der Waals surface area contributed by atoms with E-state index in [1.165, 1.54) is 6.07 Å². The lowest BCUT2D eigenvalue weighted by Crippen LogP contribution is -2.53. The summed E-state index contributed by atoms with van der Waals surface area (Å²) < 4.78 is 13.6. The smallest absolute Gasteiger partial charge is 0.337 e. The van der Waals surface area contributed by atoms with Crippen LogP contribution in [0.15, 0.2) is 24.3 Å². The number of hydrogen-bond acceptors (Lipinski definition) is 3. The second-order valence-electron chi connectivity index (χ2n) is 4.31. The zero-order valence-electron chi connectivity index (χ0n) is 9.27. The lowest BCUT2D eigenvalue weighted by atomic mass is 9.92. The zero-order valence-corrected chi connectivity index (χ0v) is 9.27. The Kier molecular flexibility index (Phi) is 3.02. The first-order valence-corrected chi connectivity index (χ1v) is 5.48. The van der Waals surface area contributed by atoms with Gasteiger partial charge in [0.1, 0.15) is 5.82 Å². The van der Waals surface area contributed by atoms with Gasteiger partial charge in [-0.15, -0.1) is 0 Å². The Hall–Kier alpha value is -1.62. The van der Waals surface area contributed by atoms with Crippen molar-refractivity contribution in [2.24, 2.45) is 0 Å². The molecule has 0 bridgehead atoms. The first-order chi connectivity index (χ1) is 8.03. The van der Waals surface area contributed by atoms with Gasteiger partial charge in [-0.2, -0.15) is 0 Å². The van der Waals surface area contributed by atoms with Crippen LogP contribution in [0.3, 0.4) is 0 Å². The van der Waals surface area contributed by atoms with E-state index in [0.29, 0.717) is 18.7 Å². The van der Waals surface area contributed by atoms with Crippen molar-refractivity contribution in [3.05, 3.63) is 30.1 Å². The highest BCUT2D eigenvalue weighted by Crippen LogP contribution is 2.27. The number of benzene rings is 1. The molecule has 1 aliphatic rings. The molecule has 0 amide bonds. The molecule has 1 atom stereocenters.